The Morgan fingerprint density at radius 2 is 1.94 bits per heavy atom. The van der Waals surface area contributed by atoms with Crippen molar-refractivity contribution in [2.45, 2.75) is 24.9 Å². The van der Waals surface area contributed by atoms with Crippen LogP contribution < -0.4 is 5.32 Å². The third-order valence-electron chi connectivity index (χ3n) is 2.19. The number of hydrogen-bond donors (Lipinski definition) is 1. The van der Waals surface area contributed by atoms with Crippen LogP contribution in [0.3, 0.4) is 0 Å². The summed E-state index contributed by atoms with van der Waals surface area (Å²) in [6.45, 7) is 2.21. The molecule has 0 radical (unpaired) electrons. The Labute approximate surface area is 97.6 Å². The SMILES string of the molecule is CCC(Cl)CNc1ccccc1C(F)(F)F. The molecule has 0 aliphatic heterocycles. The van der Waals surface area contributed by atoms with E-state index in [4.69, 9.17) is 11.6 Å². The highest BCUT2D eigenvalue weighted by atomic mass is 35.5. The predicted molar refractivity (Wildman–Crippen MR) is 59.9 cm³/mol. The van der Waals surface area contributed by atoms with Crippen LogP contribution in [-0.2, 0) is 6.18 Å². The second-order valence-electron chi connectivity index (χ2n) is 3.43. The predicted octanol–water partition coefficient (Wildman–Crippen LogP) is 4.13. The minimum absolute atomic E-state index is 0.0779. The van der Waals surface area contributed by atoms with Gasteiger partial charge in [0.2, 0.25) is 0 Å². The summed E-state index contributed by atoms with van der Waals surface area (Å²) in [7, 11) is 0. The van der Waals surface area contributed by atoms with Crippen LogP contribution in [0, 0.1) is 0 Å². The van der Waals surface area contributed by atoms with E-state index in [-0.39, 0.29) is 11.1 Å². The van der Waals surface area contributed by atoms with Gasteiger partial charge in [0, 0.05) is 12.2 Å². The van der Waals surface area contributed by atoms with Gasteiger partial charge in [-0.05, 0) is 18.6 Å². The average Bonchev–Trinajstić information content (AvgIpc) is 2.25. The summed E-state index contributed by atoms with van der Waals surface area (Å²) in [5.41, 5.74) is -0.580. The number of alkyl halides is 4. The van der Waals surface area contributed by atoms with E-state index < -0.39 is 11.7 Å². The number of benzene rings is 1. The van der Waals surface area contributed by atoms with E-state index in [9.17, 15) is 13.2 Å². The third kappa shape index (κ3) is 3.59. The zero-order chi connectivity index (χ0) is 12.2. The quantitative estimate of drug-likeness (QED) is 0.794. The first kappa shape index (κ1) is 13.2. The van der Waals surface area contributed by atoms with Crippen molar-refractivity contribution < 1.29 is 13.2 Å². The fourth-order valence-corrected chi connectivity index (χ4v) is 1.33. The second-order valence-corrected chi connectivity index (χ2v) is 4.05. The van der Waals surface area contributed by atoms with E-state index in [1.807, 2.05) is 6.92 Å². The summed E-state index contributed by atoms with van der Waals surface area (Å²) in [6.07, 6.45) is -3.62. The van der Waals surface area contributed by atoms with E-state index in [1.165, 1.54) is 12.1 Å². The maximum Gasteiger partial charge on any atom is 0.418 e. The second kappa shape index (κ2) is 5.43. The molecular weight excluding hydrogens is 239 g/mol. The molecule has 0 spiro atoms. The lowest BCUT2D eigenvalue weighted by atomic mass is 10.1. The van der Waals surface area contributed by atoms with Crippen LogP contribution >= 0.6 is 11.6 Å². The summed E-state index contributed by atoms with van der Waals surface area (Å²) in [5, 5.41) is 2.55. The molecule has 0 amide bonds. The molecule has 0 heterocycles. The molecule has 1 aromatic rings. The minimum Gasteiger partial charge on any atom is -0.383 e. The van der Waals surface area contributed by atoms with E-state index in [0.717, 1.165) is 6.07 Å². The van der Waals surface area contributed by atoms with Crippen LogP contribution in [0.25, 0.3) is 0 Å². The largest absolute Gasteiger partial charge is 0.418 e. The fourth-order valence-electron chi connectivity index (χ4n) is 1.25. The highest BCUT2D eigenvalue weighted by molar-refractivity contribution is 6.20. The first-order valence-electron chi connectivity index (χ1n) is 4.99. The Kier molecular flexibility index (Phi) is 4.47. The zero-order valence-electron chi connectivity index (χ0n) is 8.81. The standard InChI is InChI=1S/C11H13ClF3N/c1-2-8(12)7-16-10-6-4-3-5-9(10)11(13,14)15/h3-6,8,16H,2,7H2,1H3. The smallest absolute Gasteiger partial charge is 0.383 e. The summed E-state index contributed by atoms with van der Waals surface area (Å²) in [5.74, 6) is 0. The summed E-state index contributed by atoms with van der Waals surface area (Å²) in [6, 6.07) is 5.39. The Hall–Kier alpha value is -0.900. The molecule has 0 aliphatic rings. The third-order valence-corrected chi connectivity index (χ3v) is 2.65. The van der Waals surface area contributed by atoms with Gasteiger partial charge in [-0.2, -0.15) is 13.2 Å². The van der Waals surface area contributed by atoms with Gasteiger partial charge >= 0.3 is 6.18 Å². The van der Waals surface area contributed by atoms with Crippen LogP contribution in [-0.4, -0.2) is 11.9 Å². The van der Waals surface area contributed by atoms with E-state index in [1.54, 1.807) is 6.07 Å². The van der Waals surface area contributed by atoms with Gasteiger partial charge in [0.15, 0.2) is 0 Å². The van der Waals surface area contributed by atoms with Gasteiger partial charge in [-0.3, -0.25) is 0 Å². The Bertz CT molecular complexity index is 338. The number of rotatable bonds is 4. The molecule has 0 aromatic heterocycles. The molecule has 1 rings (SSSR count). The molecule has 0 saturated heterocycles. The first-order valence-corrected chi connectivity index (χ1v) is 5.43. The first-order chi connectivity index (χ1) is 7.45. The molecule has 90 valence electrons. The lowest BCUT2D eigenvalue weighted by Gasteiger charge is -2.15. The molecule has 1 unspecified atom stereocenters. The van der Waals surface area contributed by atoms with Crippen LogP contribution in [0.5, 0.6) is 0 Å². The monoisotopic (exact) mass is 251 g/mol. The van der Waals surface area contributed by atoms with Crippen molar-refractivity contribution >= 4 is 17.3 Å². The Morgan fingerprint density at radius 1 is 1.31 bits per heavy atom. The molecule has 5 heteroatoms. The summed E-state index contributed by atoms with van der Waals surface area (Å²) in [4.78, 5) is 0. The lowest BCUT2D eigenvalue weighted by Crippen LogP contribution is -2.16. The summed E-state index contributed by atoms with van der Waals surface area (Å²) >= 11 is 5.84. The van der Waals surface area contributed by atoms with Crippen molar-refractivity contribution in [3.63, 3.8) is 0 Å². The molecule has 1 nitrogen and oxygen atoms in total. The van der Waals surface area contributed by atoms with Crippen molar-refractivity contribution in [3.05, 3.63) is 29.8 Å². The zero-order valence-corrected chi connectivity index (χ0v) is 9.57. The van der Waals surface area contributed by atoms with Gasteiger partial charge in [0.1, 0.15) is 0 Å². The van der Waals surface area contributed by atoms with Crippen molar-refractivity contribution in [3.8, 4) is 0 Å². The molecular formula is C11H13ClF3N. The van der Waals surface area contributed by atoms with Crippen molar-refractivity contribution in [2.24, 2.45) is 0 Å². The lowest BCUT2D eigenvalue weighted by molar-refractivity contribution is -0.136. The van der Waals surface area contributed by atoms with Crippen molar-refractivity contribution in [2.75, 3.05) is 11.9 Å². The molecule has 0 bridgehead atoms. The summed E-state index contributed by atoms with van der Waals surface area (Å²) < 4.78 is 37.7. The van der Waals surface area contributed by atoms with Gasteiger partial charge < -0.3 is 5.32 Å². The van der Waals surface area contributed by atoms with E-state index in [2.05, 4.69) is 5.32 Å². The Morgan fingerprint density at radius 3 is 2.50 bits per heavy atom. The van der Waals surface area contributed by atoms with E-state index >= 15 is 0 Å². The van der Waals surface area contributed by atoms with Crippen molar-refractivity contribution in [1.29, 1.82) is 0 Å². The highest BCUT2D eigenvalue weighted by Gasteiger charge is 2.33. The maximum absolute atomic E-state index is 12.6. The molecule has 16 heavy (non-hydrogen) atoms. The van der Waals surface area contributed by atoms with Crippen molar-refractivity contribution in [1.82, 2.24) is 0 Å². The van der Waals surface area contributed by atoms with Crippen LogP contribution in [0.1, 0.15) is 18.9 Å². The molecule has 1 atom stereocenters. The normalized spacial score (nSPS) is 13.6. The fraction of sp³-hybridized carbons (Fsp3) is 0.455. The average molecular weight is 252 g/mol. The molecule has 0 aliphatic carbocycles. The van der Waals surface area contributed by atoms with Gasteiger partial charge in [-0.15, -0.1) is 11.6 Å². The number of nitrogens with one attached hydrogen (secondary N) is 1. The minimum atomic E-state index is -4.34. The number of hydrogen-bond acceptors (Lipinski definition) is 1. The molecule has 1 N–H and O–H groups in total. The van der Waals surface area contributed by atoms with Gasteiger partial charge in [-0.25, -0.2) is 0 Å². The highest BCUT2D eigenvalue weighted by Crippen LogP contribution is 2.34. The van der Waals surface area contributed by atoms with Crippen LogP contribution in [0.4, 0.5) is 18.9 Å². The number of anilines is 1. The van der Waals surface area contributed by atoms with Gasteiger partial charge in [0.25, 0.3) is 0 Å². The van der Waals surface area contributed by atoms with E-state index in [0.29, 0.717) is 13.0 Å². The van der Waals surface area contributed by atoms with Gasteiger partial charge in [-0.1, -0.05) is 19.1 Å². The number of para-hydroxylation sites is 1. The number of halogens is 4. The van der Waals surface area contributed by atoms with Gasteiger partial charge in [0.05, 0.1) is 10.9 Å². The maximum atomic E-state index is 12.6. The van der Waals surface area contributed by atoms with Crippen LogP contribution in [0.2, 0.25) is 0 Å². The molecule has 0 fully saturated rings. The molecule has 0 saturated carbocycles. The Balaban J connectivity index is 2.80. The topological polar surface area (TPSA) is 12.0 Å². The molecule has 1 aromatic carbocycles. The van der Waals surface area contributed by atoms with Crippen LogP contribution in [0.15, 0.2) is 24.3 Å².